The summed E-state index contributed by atoms with van der Waals surface area (Å²) in [6.45, 7) is 5.85. The third-order valence-electron chi connectivity index (χ3n) is 2.40. The molecule has 0 aliphatic carbocycles. The molecule has 11 heavy (non-hydrogen) atoms. The van der Waals surface area contributed by atoms with Gasteiger partial charge in [0.2, 0.25) is 0 Å². The fourth-order valence-electron chi connectivity index (χ4n) is 1.49. The lowest BCUT2D eigenvalue weighted by Crippen LogP contribution is -2.29. The van der Waals surface area contributed by atoms with E-state index in [0.717, 1.165) is 6.54 Å². The van der Waals surface area contributed by atoms with Crippen molar-refractivity contribution in [2.24, 2.45) is 5.92 Å². The van der Waals surface area contributed by atoms with Crippen molar-refractivity contribution in [1.29, 1.82) is 0 Å². The fraction of sp³-hybridized carbons (Fsp3) is 1.00. The van der Waals surface area contributed by atoms with Gasteiger partial charge in [-0.25, -0.2) is 0 Å². The van der Waals surface area contributed by atoms with Crippen molar-refractivity contribution in [1.82, 2.24) is 4.90 Å². The van der Waals surface area contributed by atoms with Gasteiger partial charge in [-0.3, -0.25) is 4.90 Å². The monoisotopic (exact) mass is 159 g/mol. The Hall–Kier alpha value is -0.120. The van der Waals surface area contributed by atoms with Gasteiger partial charge in [0.1, 0.15) is 0 Å². The molecule has 1 fully saturated rings. The number of hydrogen-bond acceptors (Lipinski definition) is 3. The average molecular weight is 159 g/mol. The van der Waals surface area contributed by atoms with Crippen molar-refractivity contribution in [3.8, 4) is 0 Å². The maximum Gasteiger partial charge on any atom is 0.0729 e. The van der Waals surface area contributed by atoms with Crippen LogP contribution in [0.5, 0.6) is 0 Å². The molecule has 66 valence electrons. The lowest BCUT2D eigenvalue weighted by Gasteiger charge is -2.19. The van der Waals surface area contributed by atoms with E-state index in [-0.39, 0.29) is 18.6 Å². The number of aliphatic hydroxyl groups excluding tert-OH is 2. The minimum Gasteiger partial charge on any atom is -0.396 e. The van der Waals surface area contributed by atoms with Crippen LogP contribution in [-0.4, -0.2) is 47.0 Å². The lowest BCUT2D eigenvalue weighted by atomic mass is 10.1. The molecule has 0 aromatic heterocycles. The quantitative estimate of drug-likeness (QED) is 0.580. The van der Waals surface area contributed by atoms with Gasteiger partial charge in [-0.15, -0.1) is 0 Å². The molecule has 0 saturated carbocycles. The van der Waals surface area contributed by atoms with E-state index >= 15 is 0 Å². The third kappa shape index (κ3) is 1.92. The molecule has 0 bridgehead atoms. The number of nitrogens with zero attached hydrogens (tertiary/aromatic N) is 1. The minimum atomic E-state index is -0.331. The van der Waals surface area contributed by atoms with E-state index < -0.39 is 0 Å². The summed E-state index contributed by atoms with van der Waals surface area (Å²) in [5.41, 5.74) is 0. The van der Waals surface area contributed by atoms with E-state index in [1.807, 2.05) is 0 Å². The molecule has 2 atom stereocenters. The number of rotatable bonds is 2. The van der Waals surface area contributed by atoms with E-state index in [9.17, 15) is 5.11 Å². The number of likely N-dealkylation sites (tertiary alicyclic amines) is 1. The van der Waals surface area contributed by atoms with E-state index in [1.165, 1.54) is 0 Å². The molecular formula is C8H17NO2. The highest BCUT2D eigenvalue weighted by Gasteiger charge is 2.31. The maximum atomic E-state index is 9.41. The van der Waals surface area contributed by atoms with Crippen molar-refractivity contribution in [3.63, 3.8) is 0 Å². The molecule has 2 N–H and O–H groups in total. The van der Waals surface area contributed by atoms with Gasteiger partial charge in [0.15, 0.2) is 0 Å². The summed E-state index contributed by atoms with van der Waals surface area (Å²) >= 11 is 0. The van der Waals surface area contributed by atoms with Gasteiger partial charge < -0.3 is 10.2 Å². The summed E-state index contributed by atoms with van der Waals surface area (Å²) in [7, 11) is 0. The second-order valence-corrected chi connectivity index (χ2v) is 3.56. The first-order chi connectivity index (χ1) is 5.15. The van der Waals surface area contributed by atoms with Gasteiger partial charge in [-0.1, -0.05) is 0 Å². The highest BCUT2D eigenvalue weighted by atomic mass is 16.3. The molecule has 0 spiro atoms. The van der Waals surface area contributed by atoms with Crippen LogP contribution >= 0.6 is 0 Å². The van der Waals surface area contributed by atoms with Gasteiger partial charge in [0.05, 0.1) is 6.10 Å². The lowest BCUT2D eigenvalue weighted by molar-refractivity contribution is 0.103. The summed E-state index contributed by atoms with van der Waals surface area (Å²) < 4.78 is 0. The zero-order valence-electron chi connectivity index (χ0n) is 7.20. The zero-order chi connectivity index (χ0) is 8.43. The maximum absolute atomic E-state index is 9.41. The molecule has 0 amide bonds. The molecule has 1 saturated heterocycles. The summed E-state index contributed by atoms with van der Waals surface area (Å²) in [6, 6.07) is 0.473. The average Bonchev–Trinajstić information content (AvgIpc) is 2.31. The molecule has 0 radical (unpaired) electrons. The Morgan fingerprint density at radius 1 is 1.45 bits per heavy atom. The van der Waals surface area contributed by atoms with Crippen LogP contribution < -0.4 is 0 Å². The molecule has 2 unspecified atom stereocenters. The smallest absolute Gasteiger partial charge is 0.0729 e. The van der Waals surface area contributed by atoms with Crippen molar-refractivity contribution in [3.05, 3.63) is 0 Å². The SMILES string of the molecule is CC(C)N1CC(O)C(CO)C1. The predicted molar refractivity (Wildman–Crippen MR) is 43.3 cm³/mol. The molecule has 3 nitrogen and oxygen atoms in total. The van der Waals surface area contributed by atoms with Crippen LogP contribution in [0.4, 0.5) is 0 Å². The number of β-amino-alcohol motifs (C(OH)–C–C–N with tert-alkyl or cyclic N) is 1. The van der Waals surface area contributed by atoms with Crippen molar-refractivity contribution < 1.29 is 10.2 Å². The topological polar surface area (TPSA) is 43.7 Å². The third-order valence-corrected chi connectivity index (χ3v) is 2.40. The van der Waals surface area contributed by atoms with E-state index in [0.29, 0.717) is 12.6 Å². The predicted octanol–water partition coefficient (Wildman–Crippen LogP) is -0.320. The Kier molecular flexibility index (Phi) is 2.87. The first kappa shape index (κ1) is 8.97. The number of aliphatic hydroxyl groups is 2. The minimum absolute atomic E-state index is 0.0670. The largest absolute Gasteiger partial charge is 0.396 e. The molecular weight excluding hydrogens is 142 g/mol. The van der Waals surface area contributed by atoms with Crippen LogP contribution in [0.2, 0.25) is 0 Å². The Morgan fingerprint density at radius 3 is 2.36 bits per heavy atom. The molecule has 0 aromatic rings. The molecule has 0 aromatic carbocycles. The molecule has 1 aliphatic heterocycles. The Labute approximate surface area is 67.6 Å². The zero-order valence-corrected chi connectivity index (χ0v) is 7.20. The summed E-state index contributed by atoms with van der Waals surface area (Å²) in [4.78, 5) is 2.19. The van der Waals surface area contributed by atoms with Crippen LogP contribution in [0.15, 0.2) is 0 Å². The van der Waals surface area contributed by atoms with Gasteiger partial charge >= 0.3 is 0 Å². The highest BCUT2D eigenvalue weighted by Crippen LogP contribution is 2.18. The molecule has 1 rings (SSSR count). The van der Waals surface area contributed by atoms with Crippen LogP contribution in [0.25, 0.3) is 0 Å². The summed E-state index contributed by atoms with van der Waals surface area (Å²) in [5.74, 6) is 0.0670. The van der Waals surface area contributed by atoms with Gasteiger partial charge in [0.25, 0.3) is 0 Å². The number of hydrogen-bond donors (Lipinski definition) is 2. The van der Waals surface area contributed by atoms with E-state index in [4.69, 9.17) is 5.11 Å². The summed E-state index contributed by atoms with van der Waals surface area (Å²) in [6.07, 6.45) is -0.331. The molecule has 3 heteroatoms. The summed E-state index contributed by atoms with van der Waals surface area (Å²) in [5, 5.41) is 18.3. The van der Waals surface area contributed by atoms with Crippen molar-refractivity contribution in [2.45, 2.75) is 26.0 Å². The van der Waals surface area contributed by atoms with Crippen LogP contribution in [0, 0.1) is 5.92 Å². The molecule has 1 heterocycles. The van der Waals surface area contributed by atoms with Crippen LogP contribution in [0.3, 0.4) is 0 Å². The van der Waals surface area contributed by atoms with Gasteiger partial charge in [-0.2, -0.15) is 0 Å². The van der Waals surface area contributed by atoms with Gasteiger partial charge in [0, 0.05) is 31.7 Å². The first-order valence-corrected chi connectivity index (χ1v) is 4.18. The van der Waals surface area contributed by atoms with Gasteiger partial charge in [-0.05, 0) is 13.8 Å². The van der Waals surface area contributed by atoms with Crippen molar-refractivity contribution in [2.75, 3.05) is 19.7 Å². The first-order valence-electron chi connectivity index (χ1n) is 4.18. The second-order valence-electron chi connectivity index (χ2n) is 3.56. The fourth-order valence-corrected chi connectivity index (χ4v) is 1.49. The Balaban J connectivity index is 2.43. The normalized spacial score (nSPS) is 33.5. The van der Waals surface area contributed by atoms with E-state index in [2.05, 4.69) is 18.7 Å². The Morgan fingerprint density at radius 2 is 2.09 bits per heavy atom. The Bertz CT molecular complexity index is 127. The standard InChI is InChI=1S/C8H17NO2/c1-6(2)9-3-7(5-10)8(11)4-9/h6-8,10-11H,3-5H2,1-2H3. The van der Waals surface area contributed by atoms with Crippen LogP contribution in [0.1, 0.15) is 13.8 Å². The van der Waals surface area contributed by atoms with E-state index in [1.54, 1.807) is 0 Å². The van der Waals surface area contributed by atoms with Crippen molar-refractivity contribution >= 4 is 0 Å². The second kappa shape index (κ2) is 3.52. The highest BCUT2D eigenvalue weighted by molar-refractivity contribution is 4.84. The van der Waals surface area contributed by atoms with Crippen LogP contribution in [-0.2, 0) is 0 Å². The molecule has 1 aliphatic rings.